The first-order chi connectivity index (χ1) is 9.40. The monoisotopic (exact) mass is 406 g/mol. The van der Waals surface area contributed by atoms with Crippen LogP contribution >= 0.6 is 31.9 Å². The van der Waals surface area contributed by atoms with Crippen LogP contribution in [0.4, 0.5) is 8.78 Å². The second kappa shape index (κ2) is 6.30. The van der Waals surface area contributed by atoms with Crippen LogP contribution in [-0.2, 0) is 0 Å². The van der Waals surface area contributed by atoms with E-state index in [4.69, 9.17) is 0 Å². The van der Waals surface area contributed by atoms with Gasteiger partial charge in [0.05, 0.1) is 0 Å². The summed E-state index contributed by atoms with van der Waals surface area (Å²) in [6, 6.07) is 7.54. The lowest BCUT2D eigenvalue weighted by Crippen LogP contribution is -2.11. The zero-order valence-electron chi connectivity index (χ0n) is 10.0. The minimum atomic E-state index is -1.27. The molecule has 0 aliphatic rings. The zero-order chi connectivity index (χ0) is 14.9. The van der Waals surface area contributed by atoms with Crippen molar-refractivity contribution in [1.29, 1.82) is 0 Å². The first kappa shape index (κ1) is 15.6. The van der Waals surface area contributed by atoms with Crippen molar-refractivity contribution in [3.8, 4) is 0 Å². The van der Waals surface area contributed by atoms with Gasteiger partial charge in [0.1, 0.15) is 23.8 Å². The minimum absolute atomic E-state index is 0.343. The molecule has 106 valence electrons. The number of aliphatic hydroxyl groups is 2. The van der Waals surface area contributed by atoms with E-state index in [0.29, 0.717) is 20.1 Å². The summed E-state index contributed by atoms with van der Waals surface area (Å²) in [6.45, 7) is 0. The quantitative estimate of drug-likeness (QED) is 0.798. The maximum atomic E-state index is 13.0. The van der Waals surface area contributed by atoms with Gasteiger partial charge in [-0.25, -0.2) is 8.78 Å². The van der Waals surface area contributed by atoms with Crippen LogP contribution in [0.2, 0.25) is 0 Å². The van der Waals surface area contributed by atoms with E-state index in [1.165, 1.54) is 36.4 Å². The predicted octanol–water partition coefficient (Wildman–Crippen LogP) is 4.26. The Hall–Kier alpha value is -0.820. The van der Waals surface area contributed by atoms with Gasteiger partial charge in [0.15, 0.2) is 0 Å². The summed E-state index contributed by atoms with van der Waals surface area (Å²) in [7, 11) is 0. The highest BCUT2D eigenvalue weighted by atomic mass is 79.9. The molecule has 2 N–H and O–H groups in total. The molecule has 0 aromatic heterocycles. The first-order valence-corrected chi connectivity index (χ1v) is 7.25. The van der Waals surface area contributed by atoms with Crippen molar-refractivity contribution < 1.29 is 19.0 Å². The van der Waals surface area contributed by atoms with Gasteiger partial charge in [0.25, 0.3) is 0 Å². The molecule has 0 unspecified atom stereocenters. The molecule has 2 aromatic carbocycles. The molecule has 0 saturated heterocycles. The summed E-state index contributed by atoms with van der Waals surface area (Å²) in [4.78, 5) is 0. The smallest absolute Gasteiger partial charge is 0.124 e. The van der Waals surface area contributed by atoms with E-state index in [9.17, 15) is 19.0 Å². The van der Waals surface area contributed by atoms with Crippen molar-refractivity contribution in [2.45, 2.75) is 12.2 Å². The van der Waals surface area contributed by atoms with Gasteiger partial charge < -0.3 is 10.2 Å². The van der Waals surface area contributed by atoms with Crippen LogP contribution < -0.4 is 0 Å². The highest BCUT2D eigenvalue weighted by molar-refractivity contribution is 9.10. The molecule has 6 heteroatoms. The van der Waals surface area contributed by atoms with Crippen molar-refractivity contribution in [1.82, 2.24) is 0 Å². The second-order valence-corrected chi connectivity index (χ2v) is 5.93. The fraction of sp³-hybridized carbons (Fsp3) is 0.143. The molecule has 20 heavy (non-hydrogen) atoms. The van der Waals surface area contributed by atoms with Gasteiger partial charge in [-0.3, -0.25) is 0 Å². The maximum absolute atomic E-state index is 13.0. The Kier molecular flexibility index (Phi) is 4.90. The van der Waals surface area contributed by atoms with Gasteiger partial charge >= 0.3 is 0 Å². The Morgan fingerprint density at radius 2 is 1.10 bits per heavy atom. The average molecular weight is 408 g/mol. The van der Waals surface area contributed by atoms with Gasteiger partial charge in [0.2, 0.25) is 0 Å². The third-order valence-corrected chi connectivity index (χ3v) is 4.23. The highest BCUT2D eigenvalue weighted by Gasteiger charge is 2.24. The SMILES string of the molecule is O[C@H](c1ccc(F)cc1Br)[C@H](O)c1ccc(F)cc1Br. The highest BCUT2D eigenvalue weighted by Crippen LogP contribution is 2.36. The van der Waals surface area contributed by atoms with Crippen molar-refractivity contribution in [3.63, 3.8) is 0 Å². The van der Waals surface area contributed by atoms with Crippen LogP contribution in [0.15, 0.2) is 45.3 Å². The normalized spacial score (nSPS) is 14.1. The molecular weight excluding hydrogens is 398 g/mol. The van der Waals surface area contributed by atoms with Crippen molar-refractivity contribution in [2.24, 2.45) is 0 Å². The van der Waals surface area contributed by atoms with E-state index in [1.54, 1.807) is 0 Å². The molecule has 2 rings (SSSR count). The zero-order valence-corrected chi connectivity index (χ0v) is 13.2. The van der Waals surface area contributed by atoms with Crippen LogP contribution in [0.5, 0.6) is 0 Å². The number of benzene rings is 2. The van der Waals surface area contributed by atoms with Crippen LogP contribution in [-0.4, -0.2) is 10.2 Å². The van der Waals surface area contributed by atoms with Gasteiger partial charge in [-0.05, 0) is 35.4 Å². The topological polar surface area (TPSA) is 40.5 Å². The summed E-state index contributed by atoms with van der Waals surface area (Å²) >= 11 is 6.27. The van der Waals surface area contributed by atoms with Crippen LogP contribution in [0.1, 0.15) is 23.3 Å². The van der Waals surface area contributed by atoms with Gasteiger partial charge in [0, 0.05) is 8.95 Å². The lowest BCUT2D eigenvalue weighted by atomic mass is 9.98. The van der Waals surface area contributed by atoms with Crippen molar-refractivity contribution >= 4 is 31.9 Å². The average Bonchev–Trinajstić information content (AvgIpc) is 2.37. The molecule has 0 aliphatic heterocycles. The van der Waals surface area contributed by atoms with E-state index in [2.05, 4.69) is 31.9 Å². The molecule has 2 nitrogen and oxygen atoms in total. The Morgan fingerprint density at radius 3 is 1.40 bits per heavy atom. The van der Waals surface area contributed by atoms with Gasteiger partial charge in [-0.2, -0.15) is 0 Å². The number of hydrogen-bond donors (Lipinski definition) is 2. The van der Waals surface area contributed by atoms with Gasteiger partial charge in [-0.15, -0.1) is 0 Å². The third kappa shape index (κ3) is 3.25. The molecule has 0 spiro atoms. The summed E-state index contributed by atoms with van der Waals surface area (Å²) in [6.07, 6.45) is -2.54. The number of aliphatic hydroxyl groups excluding tert-OH is 2. The van der Waals surface area contributed by atoms with Crippen molar-refractivity contribution in [3.05, 3.63) is 68.1 Å². The van der Waals surface area contributed by atoms with E-state index in [0.717, 1.165) is 0 Å². The minimum Gasteiger partial charge on any atom is -0.385 e. The third-order valence-electron chi connectivity index (χ3n) is 2.86. The van der Waals surface area contributed by atoms with E-state index >= 15 is 0 Å². The first-order valence-electron chi connectivity index (χ1n) is 5.66. The van der Waals surface area contributed by atoms with E-state index < -0.39 is 23.8 Å². The number of rotatable bonds is 3. The number of hydrogen-bond acceptors (Lipinski definition) is 2. The molecular formula is C14H10Br2F2O2. The van der Waals surface area contributed by atoms with E-state index in [1.807, 2.05) is 0 Å². The molecule has 0 bridgehead atoms. The molecule has 0 fully saturated rings. The summed E-state index contributed by atoms with van der Waals surface area (Å²) < 4.78 is 26.7. The van der Waals surface area contributed by atoms with Crippen LogP contribution in [0, 0.1) is 11.6 Å². The lowest BCUT2D eigenvalue weighted by Gasteiger charge is -2.20. The van der Waals surface area contributed by atoms with Crippen LogP contribution in [0.25, 0.3) is 0 Å². The van der Waals surface area contributed by atoms with Crippen LogP contribution in [0.3, 0.4) is 0 Å². The summed E-state index contributed by atoms with van der Waals surface area (Å²) in [5.74, 6) is -0.907. The molecule has 2 atom stereocenters. The Balaban J connectivity index is 2.34. The molecule has 0 amide bonds. The Morgan fingerprint density at radius 1 is 0.750 bits per heavy atom. The molecule has 0 saturated carbocycles. The van der Waals surface area contributed by atoms with Crippen molar-refractivity contribution in [2.75, 3.05) is 0 Å². The molecule has 0 aliphatic carbocycles. The molecule has 0 radical (unpaired) electrons. The largest absolute Gasteiger partial charge is 0.385 e. The molecule has 2 aromatic rings. The summed E-state index contributed by atoms with van der Waals surface area (Å²) in [5.41, 5.74) is 0.685. The van der Waals surface area contributed by atoms with E-state index in [-0.39, 0.29) is 0 Å². The molecule has 0 heterocycles. The fourth-order valence-electron chi connectivity index (χ4n) is 1.82. The second-order valence-electron chi connectivity index (χ2n) is 4.22. The fourth-order valence-corrected chi connectivity index (χ4v) is 2.99. The predicted molar refractivity (Wildman–Crippen MR) is 78.1 cm³/mol. The Labute approximate surface area is 131 Å². The standard InChI is InChI=1S/C14H10Br2F2O2/c15-11-5-7(17)1-3-9(11)13(19)14(20)10-4-2-8(18)6-12(10)16/h1-6,13-14,19-20H/t13-,14-/m1/s1. The maximum Gasteiger partial charge on any atom is 0.124 e. The lowest BCUT2D eigenvalue weighted by molar-refractivity contribution is 0.0163. The van der Waals surface area contributed by atoms with Gasteiger partial charge in [-0.1, -0.05) is 44.0 Å². The summed E-state index contributed by atoms with van der Waals surface area (Å²) in [5, 5.41) is 20.4. The Bertz CT molecular complexity index is 579. The number of halogens is 4.